The highest BCUT2D eigenvalue weighted by atomic mass is 16.5. The highest BCUT2D eigenvalue weighted by molar-refractivity contribution is 5.81. The van der Waals surface area contributed by atoms with Gasteiger partial charge < -0.3 is 4.74 Å². The molecule has 0 aromatic heterocycles. The van der Waals surface area contributed by atoms with Gasteiger partial charge in [0.05, 0.1) is 12.7 Å². The largest absolute Gasteiger partial charge is 0.375 e. The van der Waals surface area contributed by atoms with Crippen LogP contribution < -0.4 is 0 Å². The molecule has 3 heteroatoms. The molecule has 3 rings (SSSR count). The van der Waals surface area contributed by atoms with Crippen LogP contribution in [0.25, 0.3) is 0 Å². The van der Waals surface area contributed by atoms with Crippen molar-refractivity contribution in [3.8, 4) is 0 Å². The van der Waals surface area contributed by atoms with Gasteiger partial charge in [0.1, 0.15) is 5.78 Å². The van der Waals surface area contributed by atoms with Gasteiger partial charge in [-0.25, -0.2) is 0 Å². The van der Waals surface area contributed by atoms with E-state index in [1.165, 1.54) is 25.7 Å². The Labute approximate surface area is 104 Å². The van der Waals surface area contributed by atoms with Gasteiger partial charge in [0.15, 0.2) is 0 Å². The number of rotatable bonds is 2. The molecular formula is C14H23NO2. The predicted octanol–water partition coefficient (Wildman–Crippen LogP) is 2.00. The number of ketones is 1. The summed E-state index contributed by atoms with van der Waals surface area (Å²) in [5, 5.41) is 0. The molecule has 17 heavy (non-hydrogen) atoms. The molecular weight excluding hydrogens is 214 g/mol. The van der Waals surface area contributed by atoms with Gasteiger partial charge in [-0.3, -0.25) is 9.69 Å². The Balaban J connectivity index is 1.61. The maximum absolute atomic E-state index is 11.9. The van der Waals surface area contributed by atoms with E-state index in [4.69, 9.17) is 4.74 Å². The van der Waals surface area contributed by atoms with Crippen LogP contribution in [-0.4, -0.2) is 42.5 Å². The number of ether oxygens (including phenoxy) is 1. The van der Waals surface area contributed by atoms with Crippen molar-refractivity contribution in [3.63, 3.8) is 0 Å². The maximum atomic E-state index is 11.9. The second-order valence-electron chi connectivity index (χ2n) is 5.81. The lowest BCUT2D eigenvalue weighted by Gasteiger charge is -2.39. The number of hydrogen-bond acceptors (Lipinski definition) is 3. The van der Waals surface area contributed by atoms with Crippen LogP contribution in [0, 0.1) is 5.92 Å². The minimum atomic E-state index is 0.322. The van der Waals surface area contributed by atoms with E-state index in [9.17, 15) is 4.79 Å². The highest BCUT2D eigenvalue weighted by Crippen LogP contribution is 2.31. The van der Waals surface area contributed by atoms with Crippen LogP contribution in [-0.2, 0) is 9.53 Å². The highest BCUT2D eigenvalue weighted by Gasteiger charge is 2.37. The fraction of sp³-hybridized carbons (Fsp3) is 0.929. The molecule has 1 aliphatic heterocycles. The van der Waals surface area contributed by atoms with Crippen molar-refractivity contribution < 1.29 is 9.53 Å². The number of carbonyl (C=O) groups excluding carboxylic acids is 1. The van der Waals surface area contributed by atoms with Crippen molar-refractivity contribution in [3.05, 3.63) is 0 Å². The van der Waals surface area contributed by atoms with E-state index >= 15 is 0 Å². The molecule has 96 valence electrons. The smallest absolute Gasteiger partial charge is 0.137 e. The van der Waals surface area contributed by atoms with Gasteiger partial charge in [0, 0.05) is 31.5 Å². The van der Waals surface area contributed by atoms with Gasteiger partial charge in [-0.15, -0.1) is 0 Å². The van der Waals surface area contributed by atoms with E-state index in [-0.39, 0.29) is 0 Å². The van der Waals surface area contributed by atoms with E-state index in [1.807, 2.05) is 0 Å². The minimum Gasteiger partial charge on any atom is -0.375 e. The van der Waals surface area contributed by atoms with Gasteiger partial charge in [-0.05, 0) is 32.1 Å². The quantitative estimate of drug-likeness (QED) is 0.735. The number of morpholine rings is 1. The molecule has 3 fully saturated rings. The second-order valence-corrected chi connectivity index (χ2v) is 5.81. The van der Waals surface area contributed by atoms with Gasteiger partial charge >= 0.3 is 0 Å². The lowest BCUT2D eigenvalue weighted by molar-refractivity contribution is -0.127. The van der Waals surface area contributed by atoms with E-state index in [1.54, 1.807) is 0 Å². The van der Waals surface area contributed by atoms with Crippen LogP contribution in [0.4, 0.5) is 0 Å². The molecule has 0 N–H and O–H groups in total. The fourth-order valence-electron chi connectivity index (χ4n) is 3.76. The number of carbonyl (C=O) groups is 1. The number of fused-ring (bicyclic) bond motifs is 1. The van der Waals surface area contributed by atoms with Crippen molar-refractivity contribution in [1.29, 1.82) is 0 Å². The van der Waals surface area contributed by atoms with Crippen molar-refractivity contribution in [1.82, 2.24) is 4.90 Å². The van der Waals surface area contributed by atoms with Gasteiger partial charge in [0.2, 0.25) is 0 Å². The summed E-state index contributed by atoms with van der Waals surface area (Å²) in [6.07, 6.45) is 8.55. The predicted molar refractivity (Wildman–Crippen MR) is 65.9 cm³/mol. The summed E-state index contributed by atoms with van der Waals surface area (Å²) in [6.45, 7) is 2.90. The van der Waals surface area contributed by atoms with Crippen molar-refractivity contribution >= 4 is 5.78 Å². The molecule has 2 aliphatic carbocycles. The van der Waals surface area contributed by atoms with Gasteiger partial charge in [0.25, 0.3) is 0 Å². The van der Waals surface area contributed by atoms with E-state index < -0.39 is 0 Å². The second kappa shape index (κ2) is 5.07. The zero-order valence-electron chi connectivity index (χ0n) is 10.6. The number of hydrogen-bond donors (Lipinski definition) is 0. The summed E-state index contributed by atoms with van der Waals surface area (Å²) >= 11 is 0. The molecule has 3 atom stereocenters. The van der Waals surface area contributed by atoms with Crippen LogP contribution in [0.3, 0.4) is 0 Å². The Kier molecular flexibility index (Phi) is 3.48. The summed E-state index contributed by atoms with van der Waals surface area (Å²) in [5.41, 5.74) is 0. The van der Waals surface area contributed by atoms with Crippen molar-refractivity contribution in [2.24, 2.45) is 5.92 Å². The average Bonchev–Trinajstić information content (AvgIpc) is 2.81. The monoisotopic (exact) mass is 237 g/mol. The zero-order chi connectivity index (χ0) is 11.7. The molecule has 0 spiro atoms. The standard InChI is InChI=1S/C14H23NO2/c16-13-6-2-1-4-11(13)10-15-8-9-17-14-7-3-5-12(14)15/h11-12,14H,1-10H2. The first kappa shape index (κ1) is 11.7. The topological polar surface area (TPSA) is 29.5 Å². The molecule has 0 bridgehead atoms. The molecule has 2 saturated carbocycles. The molecule has 1 saturated heterocycles. The van der Waals surface area contributed by atoms with E-state index in [0.717, 1.165) is 39.0 Å². The Morgan fingerprint density at radius 2 is 2.12 bits per heavy atom. The lowest BCUT2D eigenvalue weighted by atomic mass is 9.87. The molecule has 3 unspecified atom stereocenters. The maximum Gasteiger partial charge on any atom is 0.137 e. The SMILES string of the molecule is O=C1CCCCC1CN1CCOC2CCCC21. The third kappa shape index (κ3) is 2.41. The molecule has 0 radical (unpaired) electrons. The van der Waals surface area contributed by atoms with Crippen molar-refractivity contribution in [2.45, 2.75) is 57.1 Å². The normalized spacial score (nSPS) is 39.3. The molecule has 3 aliphatic rings. The number of nitrogens with zero attached hydrogens (tertiary/aromatic N) is 1. The fourth-order valence-corrected chi connectivity index (χ4v) is 3.76. The summed E-state index contributed by atoms with van der Waals surface area (Å²) < 4.78 is 5.82. The van der Waals surface area contributed by atoms with E-state index in [0.29, 0.717) is 23.8 Å². The third-order valence-electron chi connectivity index (χ3n) is 4.73. The van der Waals surface area contributed by atoms with Crippen LogP contribution >= 0.6 is 0 Å². The first-order chi connectivity index (χ1) is 8.34. The van der Waals surface area contributed by atoms with Crippen LogP contribution in [0.2, 0.25) is 0 Å². The average molecular weight is 237 g/mol. The van der Waals surface area contributed by atoms with Crippen LogP contribution in [0.15, 0.2) is 0 Å². The number of Topliss-reactive ketones (excluding diaryl/α,β-unsaturated/α-hetero) is 1. The Hall–Kier alpha value is -0.410. The minimum absolute atomic E-state index is 0.322. The molecule has 1 heterocycles. The molecule has 0 aromatic carbocycles. The van der Waals surface area contributed by atoms with E-state index in [2.05, 4.69) is 4.90 Å². The Bertz CT molecular complexity index is 292. The van der Waals surface area contributed by atoms with Crippen molar-refractivity contribution in [2.75, 3.05) is 19.7 Å². The van der Waals surface area contributed by atoms with Gasteiger partial charge in [-0.2, -0.15) is 0 Å². The summed E-state index contributed by atoms with van der Waals surface area (Å²) in [4.78, 5) is 14.5. The first-order valence-corrected chi connectivity index (χ1v) is 7.23. The zero-order valence-corrected chi connectivity index (χ0v) is 10.6. The molecule has 0 aromatic rings. The lowest BCUT2D eigenvalue weighted by Crippen LogP contribution is -2.51. The summed E-state index contributed by atoms with van der Waals surface area (Å²) in [7, 11) is 0. The first-order valence-electron chi connectivity index (χ1n) is 7.23. The Morgan fingerprint density at radius 3 is 3.00 bits per heavy atom. The Morgan fingerprint density at radius 1 is 1.18 bits per heavy atom. The molecule has 0 amide bonds. The third-order valence-corrected chi connectivity index (χ3v) is 4.73. The van der Waals surface area contributed by atoms with Crippen LogP contribution in [0.5, 0.6) is 0 Å². The van der Waals surface area contributed by atoms with Gasteiger partial charge in [-0.1, -0.05) is 6.42 Å². The van der Waals surface area contributed by atoms with Crippen LogP contribution in [0.1, 0.15) is 44.9 Å². The summed E-state index contributed by atoms with van der Waals surface area (Å²) in [6, 6.07) is 0.610. The summed E-state index contributed by atoms with van der Waals surface area (Å²) in [5.74, 6) is 0.834. The molecule has 3 nitrogen and oxygen atoms in total.